The van der Waals surface area contributed by atoms with E-state index >= 15 is 0 Å². The number of hydrogen-bond donors (Lipinski definition) is 0. The van der Waals surface area contributed by atoms with Gasteiger partial charge in [0, 0.05) is 6.07 Å². The van der Waals surface area contributed by atoms with Gasteiger partial charge >= 0.3 is 5.97 Å². The van der Waals surface area contributed by atoms with Gasteiger partial charge in [0.05, 0.1) is 19.3 Å². The summed E-state index contributed by atoms with van der Waals surface area (Å²) in [5.74, 6) is 0.745. The number of rotatable bonds is 6. The lowest BCUT2D eigenvalue weighted by Gasteiger charge is -2.11. The van der Waals surface area contributed by atoms with Crippen LogP contribution in [-0.4, -0.2) is 19.7 Å². The van der Waals surface area contributed by atoms with E-state index < -0.39 is 5.97 Å². The maximum absolute atomic E-state index is 11.7. The fraction of sp³-hybridized carbons (Fsp3) is 0.235. The number of methoxy groups -OCH3 is 1. The minimum atomic E-state index is -0.416. The van der Waals surface area contributed by atoms with Crippen molar-refractivity contribution in [1.82, 2.24) is 0 Å². The molecule has 2 aromatic carbocycles. The normalized spacial score (nSPS) is 10.0. The third-order valence-corrected chi connectivity index (χ3v) is 2.86. The van der Waals surface area contributed by atoms with Gasteiger partial charge in [-0.3, -0.25) is 0 Å². The van der Waals surface area contributed by atoms with E-state index in [4.69, 9.17) is 14.2 Å². The molecule has 0 N–H and O–H groups in total. The molecule has 21 heavy (non-hydrogen) atoms. The lowest BCUT2D eigenvalue weighted by molar-refractivity contribution is 0.0599. The maximum Gasteiger partial charge on any atom is 0.338 e. The van der Waals surface area contributed by atoms with E-state index in [1.807, 2.05) is 37.3 Å². The summed E-state index contributed by atoms with van der Waals surface area (Å²) in [6.45, 7) is 2.83. The summed E-state index contributed by atoms with van der Waals surface area (Å²) < 4.78 is 15.9. The molecular formula is C17H18O4. The van der Waals surface area contributed by atoms with E-state index in [-0.39, 0.29) is 0 Å². The van der Waals surface area contributed by atoms with Crippen molar-refractivity contribution >= 4 is 5.97 Å². The van der Waals surface area contributed by atoms with Crippen LogP contribution < -0.4 is 9.47 Å². The van der Waals surface area contributed by atoms with E-state index in [9.17, 15) is 4.79 Å². The van der Waals surface area contributed by atoms with Gasteiger partial charge in [-0.2, -0.15) is 0 Å². The third-order valence-electron chi connectivity index (χ3n) is 2.86. The summed E-state index contributed by atoms with van der Waals surface area (Å²) in [5.41, 5.74) is 1.46. The highest BCUT2D eigenvalue weighted by Gasteiger charge is 2.10. The van der Waals surface area contributed by atoms with Gasteiger partial charge in [0.1, 0.15) is 18.1 Å². The maximum atomic E-state index is 11.7. The fourth-order valence-electron chi connectivity index (χ4n) is 1.88. The summed E-state index contributed by atoms with van der Waals surface area (Å²) in [5, 5.41) is 0. The van der Waals surface area contributed by atoms with Gasteiger partial charge in [-0.1, -0.05) is 30.3 Å². The Labute approximate surface area is 124 Å². The monoisotopic (exact) mass is 286 g/mol. The predicted molar refractivity (Wildman–Crippen MR) is 79.7 cm³/mol. The van der Waals surface area contributed by atoms with Crippen molar-refractivity contribution in [3.05, 3.63) is 59.7 Å². The van der Waals surface area contributed by atoms with Crippen LogP contribution in [0.4, 0.5) is 0 Å². The summed E-state index contributed by atoms with van der Waals surface area (Å²) in [7, 11) is 1.35. The average Bonchev–Trinajstić information content (AvgIpc) is 2.53. The molecule has 0 atom stereocenters. The van der Waals surface area contributed by atoms with E-state index in [1.165, 1.54) is 7.11 Å². The highest BCUT2D eigenvalue weighted by molar-refractivity contribution is 5.90. The molecule has 0 fully saturated rings. The molecule has 4 heteroatoms. The molecular weight excluding hydrogens is 268 g/mol. The van der Waals surface area contributed by atoms with Gasteiger partial charge in [-0.25, -0.2) is 4.79 Å². The molecule has 4 nitrogen and oxygen atoms in total. The molecule has 110 valence electrons. The van der Waals surface area contributed by atoms with Crippen molar-refractivity contribution in [1.29, 1.82) is 0 Å². The summed E-state index contributed by atoms with van der Waals surface area (Å²) in [6, 6.07) is 14.9. The van der Waals surface area contributed by atoms with Crippen LogP contribution in [0.5, 0.6) is 11.5 Å². The molecule has 0 saturated heterocycles. The molecule has 0 heterocycles. The number of benzene rings is 2. The summed E-state index contributed by atoms with van der Waals surface area (Å²) in [6.07, 6.45) is 0. The smallest absolute Gasteiger partial charge is 0.338 e. The lowest BCUT2D eigenvalue weighted by atomic mass is 10.2. The number of carbonyl (C=O) groups excluding carboxylic acids is 1. The van der Waals surface area contributed by atoms with Crippen LogP contribution in [0.15, 0.2) is 48.5 Å². The average molecular weight is 286 g/mol. The first-order valence-electron chi connectivity index (χ1n) is 6.76. The van der Waals surface area contributed by atoms with E-state index in [0.29, 0.717) is 30.3 Å². The molecule has 0 unspecified atom stereocenters. The molecule has 0 aliphatic rings. The zero-order valence-electron chi connectivity index (χ0n) is 12.2. The van der Waals surface area contributed by atoms with Gasteiger partial charge < -0.3 is 14.2 Å². The predicted octanol–water partition coefficient (Wildman–Crippen LogP) is 3.45. The molecule has 0 radical (unpaired) electrons. The Bertz CT molecular complexity index is 593. The van der Waals surface area contributed by atoms with Crippen LogP contribution in [0.1, 0.15) is 22.8 Å². The van der Waals surface area contributed by atoms with Gasteiger partial charge in [0.2, 0.25) is 0 Å². The minimum Gasteiger partial charge on any atom is -0.494 e. The molecule has 0 amide bonds. The Morgan fingerprint density at radius 3 is 2.29 bits per heavy atom. The van der Waals surface area contributed by atoms with Crippen molar-refractivity contribution in [2.24, 2.45) is 0 Å². The summed E-state index contributed by atoms with van der Waals surface area (Å²) >= 11 is 0. The molecule has 0 aliphatic heterocycles. The number of hydrogen-bond acceptors (Lipinski definition) is 4. The summed E-state index contributed by atoms with van der Waals surface area (Å²) in [4.78, 5) is 11.7. The standard InChI is InChI=1S/C17H18O4/c1-3-20-15-9-14(17(18)19-2)10-16(11-15)21-12-13-7-5-4-6-8-13/h4-11H,3,12H2,1-2H3. The van der Waals surface area contributed by atoms with E-state index in [2.05, 4.69) is 0 Å². The zero-order chi connectivity index (χ0) is 15.1. The van der Waals surface area contributed by atoms with Gasteiger partial charge in [0.25, 0.3) is 0 Å². The van der Waals surface area contributed by atoms with Crippen LogP contribution in [0, 0.1) is 0 Å². The first-order valence-corrected chi connectivity index (χ1v) is 6.76. The molecule has 2 aromatic rings. The topological polar surface area (TPSA) is 44.8 Å². The van der Waals surface area contributed by atoms with Crippen LogP contribution in [0.3, 0.4) is 0 Å². The number of carbonyl (C=O) groups is 1. The highest BCUT2D eigenvalue weighted by Crippen LogP contribution is 2.24. The number of ether oxygens (including phenoxy) is 3. The Morgan fingerprint density at radius 1 is 1.00 bits per heavy atom. The van der Waals surface area contributed by atoms with Gasteiger partial charge in [0.15, 0.2) is 0 Å². The molecule has 2 rings (SSSR count). The van der Waals surface area contributed by atoms with Crippen LogP contribution in [0.2, 0.25) is 0 Å². The van der Waals surface area contributed by atoms with E-state index in [0.717, 1.165) is 5.56 Å². The first kappa shape index (κ1) is 14.9. The van der Waals surface area contributed by atoms with Crippen molar-refractivity contribution in [3.63, 3.8) is 0 Å². The van der Waals surface area contributed by atoms with Crippen LogP contribution >= 0.6 is 0 Å². The Balaban J connectivity index is 2.17. The Morgan fingerprint density at radius 2 is 1.67 bits per heavy atom. The second-order valence-corrected chi connectivity index (χ2v) is 4.39. The molecule has 0 spiro atoms. The largest absolute Gasteiger partial charge is 0.494 e. The highest BCUT2D eigenvalue weighted by atomic mass is 16.5. The SMILES string of the molecule is CCOc1cc(OCc2ccccc2)cc(C(=O)OC)c1. The van der Waals surface area contributed by atoms with Crippen molar-refractivity contribution in [2.75, 3.05) is 13.7 Å². The zero-order valence-corrected chi connectivity index (χ0v) is 12.2. The molecule has 0 saturated carbocycles. The first-order chi connectivity index (χ1) is 10.2. The third kappa shape index (κ3) is 4.24. The molecule has 0 aliphatic carbocycles. The van der Waals surface area contributed by atoms with Crippen LogP contribution in [-0.2, 0) is 11.3 Å². The van der Waals surface area contributed by atoms with Crippen molar-refractivity contribution in [2.45, 2.75) is 13.5 Å². The molecule has 0 bridgehead atoms. The Hall–Kier alpha value is -2.49. The van der Waals surface area contributed by atoms with Crippen LogP contribution in [0.25, 0.3) is 0 Å². The molecule has 0 aromatic heterocycles. The second kappa shape index (κ2) is 7.33. The lowest BCUT2D eigenvalue weighted by Crippen LogP contribution is -2.04. The van der Waals surface area contributed by atoms with E-state index in [1.54, 1.807) is 18.2 Å². The van der Waals surface area contributed by atoms with Crippen molar-refractivity contribution < 1.29 is 19.0 Å². The van der Waals surface area contributed by atoms with Gasteiger partial charge in [-0.15, -0.1) is 0 Å². The number of esters is 1. The second-order valence-electron chi connectivity index (χ2n) is 4.39. The fourth-order valence-corrected chi connectivity index (χ4v) is 1.88. The minimum absolute atomic E-state index is 0.409. The van der Waals surface area contributed by atoms with Crippen molar-refractivity contribution in [3.8, 4) is 11.5 Å². The Kier molecular flexibility index (Phi) is 5.21. The quantitative estimate of drug-likeness (QED) is 0.763. The van der Waals surface area contributed by atoms with Gasteiger partial charge in [-0.05, 0) is 24.6 Å².